The van der Waals surface area contributed by atoms with Crippen LogP contribution in [0, 0.1) is 17.8 Å². The monoisotopic (exact) mass is 333 g/mol. The van der Waals surface area contributed by atoms with Crippen molar-refractivity contribution in [3.05, 3.63) is 12.2 Å². The SMILES string of the molecule is Cn1cnc(C(=O)N2C[C@H]3OCC[C@H]3[C@H](C(=O)NCC3CC3)C2)n1. The first kappa shape index (κ1) is 15.6. The van der Waals surface area contributed by atoms with Gasteiger partial charge >= 0.3 is 0 Å². The molecule has 0 unspecified atom stereocenters. The average molecular weight is 333 g/mol. The summed E-state index contributed by atoms with van der Waals surface area (Å²) in [5, 5.41) is 7.14. The number of ether oxygens (including phenoxy) is 1. The second-order valence-electron chi connectivity index (χ2n) is 7.11. The molecule has 3 fully saturated rings. The van der Waals surface area contributed by atoms with Gasteiger partial charge in [0.2, 0.25) is 11.7 Å². The second kappa shape index (κ2) is 6.16. The number of hydrogen-bond acceptors (Lipinski definition) is 5. The van der Waals surface area contributed by atoms with Gasteiger partial charge in [0.15, 0.2) is 0 Å². The highest BCUT2D eigenvalue weighted by Gasteiger charge is 2.45. The summed E-state index contributed by atoms with van der Waals surface area (Å²) in [6.07, 6.45) is 4.73. The van der Waals surface area contributed by atoms with Gasteiger partial charge in [0.1, 0.15) is 6.33 Å². The van der Waals surface area contributed by atoms with Gasteiger partial charge in [0.05, 0.1) is 12.0 Å². The number of nitrogens with one attached hydrogen (secondary N) is 1. The maximum atomic E-state index is 12.6. The molecule has 0 aromatic carbocycles. The van der Waals surface area contributed by atoms with Crippen LogP contribution in [-0.2, 0) is 16.6 Å². The van der Waals surface area contributed by atoms with Gasteiger partial charge in [-0.05, 0) is 25.2 Å². The van der Waals surface area contributed by atoms with Crippen LogP contribution in [0.25, 0.3) is 0 Å². The Morgan fingerprint density at radius 2 is 2.17 bits per heavy atom. The molecule has 8 nitrogen and oxygen atoms in total. The Morgan fingerprint density at radius 1 is 1.33 bits per heavy atom. The van der Waals surface area contributed by atoms with Crippen molar-refractivity contribution in [1.82, 2.24) is 25.0 Å². The predicted octanol–water partition coefficient (Wildman–Crippen LogP) is -0.182. The van der Waals surface area contributed by atoms with Gasteiger partial charge in [-0.3, -0.25) is 14.3 Å². The van der Waals surface area contributed by atoms with Crippen LogP contribution in [0.2, 0.25) is 0 Å². The number of piperidine rings is 1. The minimum Gasteiger partial charge on any atom is -0.376 e. The van der Waals surface area contributed by atoms with E-state index in [4.69, 9.17) is 4.74 Å². The van der Waals surface area contributed by atoms with E-state index in [1.54, 1.807) is 11.9 Å². The third kappa shape index (κ3) is 3.02. The van der Waals surface area contributed by atoms with Crippen molar-refractivity contribution >= 4 is 11.8 Å². The molecule has 1 aromatic heterocycles. The lowest BCUT2D eigenvalue weighted by Gasteiger charge is -2.38. The maximum absolute atomic E-state index is 12.6. The van der Waals surface area contributed by atoms with E-state index in [2.05, 4.69) is 15.4 Å². The number of carbonyl (C=O) groups excluding carboxylic acids is 2. The highest BCUT2D eigenvalue weighted by molar-refractivity contribution is 5.91. The Kier molecular flexibility index (Phi) is 3.99. The van der Waals surface area contributed by atoms with Gasteiger partial charge in [0.25, 0.3) is 5.91 Å². The van der Waals surface area contributed by atoms with Gasteiger partial charge in [-0.1, -0.05) is 0 Å². The molecule has 3 aliphatic rings. The Balaban J connectivity index is 1.47. The first-order valence-corrected chi connectivity index (χ1v) is 8.66. The summed E-state index contributed by atoms with van der Waals surface area (Å²) < 4.78 is 7.28. The molecule has 1 N–H and O–H groups in total. The van der Waals surface area contributed by atoms with Gasteiger partial charge in [-0.2, -0.15) is 0 Å². The van der Waals surface area contributed by atoms with Crippen molar-refractivity contribution in [3.63, 3.8) is 0 Å². The lowest BCUT2D eigenvalue weighted by Crippen LogP contribution is -2.54. The van der Waals surface area contributed by atoms with Gasteiger partial charge in [-0.25, -0.2) is 4.98 Å². The van der Waals surface area contributed by atoms with E-state index in [0.717, 1.165) is 13.0 Å². The first-order valence-electron chi connectivity index (χ1n) is 8.66. The van der Waals surface area contributed by atoms with Crippen LogP contribution < -0.4 is 5.32 Å². The third-order valence-corrected chi connectivity index (χ3v) is 5.27. The largest absolute Gasteiger partial charge is 0.376 e. The van der Waals surface area contributed by atoms with Crippen molar-refractivity contribution < 1.29 is 14.3 Å². The van der Waals surface area contributed by atoms with Gasteiger partial charge in [0, 0.05) is 39.2 Å². The van der Waals surface area contributed by atoms with E-state index in [1.165, 1.54) is 23.9 Å². The molecule has 3 atom stereocenters. The number of aryl methyl sites for hydroxylation is 1. The van der Waals surface area contributed by atoms with Crippen LogP contribution in [0.15, 0.2) is 6.33 Å². The van der Waals surface area contributed by atoms with E-state index >= 15 is 0 Å². The predicted molar refractivity (Wildman–Crippen MR) is 84.0 cm³/mol. The average Bonchev–Trinajstić information content (AvgIpc) is 3.11. The lowest BCUT2D eigenvalue weighted by molar-refractivity contribution is -0.130. The van der Waals surface area contributed by atoms with Crippen LogP contribution in [0.4, 0.5) is 0 Å². The zero-order chi connectivity index (χ0) is 16.7. The fourth-order valence-electron chi connectivity index (χ4n) is 3.70. The lowest BCUT2D eigenvalue weighted by atomic mass is 9.82. The second-order valence-corrected chi connectivity index (χ2v) is 7.11. The number of carbonyl (C=O) groups is 2. The number of aromatic nitrogens is 3. The number of likely N-dealkylation sites (tertiary alicyclic amines) is 1. The standard InChI is InChI=1S/C16H23N5O3/c1-20-9-18-14(19-20)16(23)21-7-12(11-4-5-24-13(11)8-21)15(22)17-6-10-2-3-10/h9-13H,2-8H2,1H3,(H,17,22)/t11-,12+,13+/m0/s1. The molecule has 2 aliphatic heterocycles. The van der Waals surface area contributed by atoms with Crippen molar-refractivity contribution in [1.29, 1.82) is 0 Å². The quantitative estimate of drug-likeness (QED) is 0.825. The van der Waals surface area contributed by atoms with Crippen molar-refractivity contribution in [2.45, 2.75) is 25.4 Å². The molecular formula is C16H23N5O3. The highest BCUT2D eigenvalue weighted by Crippen LogP contribution is 2.34. The van der Waals surface area contributed by atoms with E-state index in [0.29, 0.717) is 25.6 Å². The molecule has 2 amide bonds. The van der Waals surface area contributed by atoms with Crippen molar-refractivity contribution in [2.24, 2.45) is 24.8 Å². The fraction of sp³-hybridized carbons (Fsp3) is 0.750. The van der Waals surface area contributed by atoms with E-state index in [9.17, 15) is 9.59 Å². The molecule has 4 rings (SSSR count). The third-order valence-electron chi connectivity index (χ3n) is 5.27. The molecule has 1 saturated carbocycles. The zero-order valence-corrected chi connectivity index (χ0v) is 13.9. The number of hydrogen-bond donors (Lipinski definition) is 1. The summed E-state index contributed by atoms with van der Waals surface area (Å²) in [5.74, 6) is 0.621. The molecule has 1 aromatic rings. The molecule has 8 heteroatoms. The first-order chi connectivity index (χ1) is 11.6. The molecule has 1 aliphatic carbocycles. The fourth-order valence-corrected chi connectivity index (χ4v) is 3.70. The Morgan fingerprint density at radius 3 is 2.88 bits per heavy atom. The van der Waals surface area contributed by atoms with Crippen LogP contribution in [0.1, 0.15) is 29.9 Å². The minimum atomic E-state index is -0.232. The molecule has 0 spiro atoms. The van der Waals surface area contributed by atoms with Crippen LogP contribution in [0.5, 0.6) is 0 Å². The van der Waals surface area contributed by atoms with E-state index < -0.39 is 0 Å². The Labute approximate surface area is 140 Å². The van der Waals surface area contributed by atoms with Crippen LogP contribution in [-0.4, -0.2) is 63.8 Å². The van der Waals surface area contributed by atoms with E-state index in [-0.39, 0.29) is 35.6 Å². The summed E-state index contributed by atoms with van der Waals surface area (Å²) in [4.78, 5) is 31.0. The normalized spacial score (nSPS) is 29.4. The van der Waals surface area contributed by atoms with Gasteiger partial charge < -0.3 is 15.0 Å². The number of nitrogens with zero attached hydrogens (tertiary/aromatic N) is 4. The van der Waals surface area contributed by atoms with Crippen molar-refractivity contribution in [2.75, 3.05) is 26.2 Å². The summed E-state index contributed by atoms with van der Waals surface area (Å²) in [7, 11) is 1.73. The zero-order valence-electron chi connectivity index (χ0n) is 13.9. The highest BCUT2D eigenvalue weighted by atomic mass is 16.5. The summed E-state index contributed by atoms with van der Waals surface area (Å²) in [6, 6.07) is 0. The molecule has 2 saturated heterocycles. The number of rotatable bonds is 4. The molecule has 0 bridgehead atoms. The molecule has 24 heavy (non-hydrogen) atoms. The number of amides is 2. The molecular weight excluding hydrogens is 310 g/mol. The van der Waals surface area contributed by atoms with Crippen LogP contribution in [0.3, 0.4) is 0 Å². The summed E-state index contributed by atoms with van der Waals surface area (Å²) in [6.45, 7) is 2.33. The molecule has 130 valence electrons. The topological polar surface area (TPSA) is 89.4 Å². The molecule has 0 radical (unpaired) electrons. The van der Waals surface area contributed by atoms with Crippen molar-refractivity contribution in [3.8, 4) is 0 Å². The van der Waals surface area contributed by atoms with Gasteiger partial charge in [-0.15, -0.1) is 5.10 Å². The smallest absolute Gasteiger partial charge is 0.293 e. The Hall–Kier alpha value is -1.96. The van der Waals surface area contributed by atoms with E-state index in [1.807, 2.05) is 0 Å². The molecule has 3 heterocycles. The Bertz CT molecular complexity index is 641. The summed E-state index contributed by atoms with van der Waals surface area (Å²) >= 11 is 0. The van der Waals surface area contributed by atoms with Crippen LogP contribution >= 0.6 is 0 Å². The number of fused-ring (bicyclic) bond motifs is 1. The maximum Gasteiger partial charge on any atom is 0.293 e. The minimum absolute atomic E-state index is 0.0499. The summed E-state index contributed by atoms with van der Waals surface area (Å²) in [5.41, 5.74) is 0.